The average Bonchev–Trinajstić information content (AvgIpc) is 2.72. The molecule has 0 aromatic heterocycles. The topological polar surface area (TPSA) is 27.7 Å². The largest absolute Gasteiger partial charge is 0.497 e. The van der Waals surface area contributed by atoms with Crippen LogP contribution in [0.15, 0.2) is 67.3 Å². The van der Waals surface area contributed by atoms with Gasteiger partial charge in [0.2, 0.25) is 0 Å². The van der Waals surface area contributed by atoms with Crippen LogP contribution >= 0.6 is 0 Å². The van der Waals surface area contributed by atoms with Gasteiger partial charge in [0.15, 0.2) is 0 Å². The summed E-state index contributed by atoms with van der Waals surface area (Å²) in [6.07, 6.45) is 4.03. The van der Waals surface area contributed by atoms with E-state index in [1.165, 1.54) is 0 Å². The molecular formula is C25H34O3. The average molecular weight is 383 g/mol. The molecule has 2 aromatic carbocycles. The smallest absolute Gasteiger partial charge is 0.131 e. The van der Waals surface area contributed by atoms with Gasteiger partial charge in [-0.05, 0) is 49.1 Å². The zero-order valence-corrected chi connectivity index (χ0v) is 17.6. The van der Waals surface area contributed by atoms with Gasteiger partial charge in [0.05, 0.1) is 19.8 Å². The highest BCUT2D eigenvalue weighted by Gasteiger charge is 2.28. The molecule has 0 spiro atoms. The molecule has 0 amide bonds. The molecule has 152 valence electrons. The highest BCUT2D eigenvalue weighted by Crippen LogP contribution is 2.26. The Kier molecular flexibility index (Phi) is 9.09. The Labute approximate surface area is 170 Å². The minimum absolute atomic E-state index is 0.0718. The summed E-state index contributed by atoms with van der Waals surface area (Å²) in [5.74, 6) is 2.59. The van der Waals surface area contributed by atoms with Crippen LogP contribution in [0.25, 0.3) is 0 Å². The monoisotopic (exact) mass is 382 g/mol. The summed E-state index contributed by atoms with van der Waals surface area (Å²) in [5.41, 5.74) is 1.11. The molecule has 0 radical (unpaired) electrons. The molecule has 0 bridgehead atoms. The molecule has 0 aliphatic rings. The second kappa shape index (κ2) is 11.6. The third-order valence-corrected chi connectivity index (χ3v) is 4.95. The number of rotatable bonds is 12. The van der Waals surface area contributed by atoms with Crippen LogP contribution in [0.3, 0.4) is 0 Å². The van der Waals surface area contributed by atoms with Gasteiger partial charge in [-0.15, -0.1) is 6.58 Å². The second-order valence-electron chi connectivity index (χ2n) is 7.63. The molecule has 3 heteroatoms. The van der Waals surface area contributed by atoms with Crippen LogP contribution in [0, 0.1) is 11.8 Å². The molecule has 2 aromatic rings. The maximum atomic E-state index is 6.37. The van der Waals surface area contributed by atoms with Gasteiger partial charge in [-0.1, -0.05) is 56.7 Å². The lowest BCUT2D eigenvalue weighted by Gasteiger charge is -2.31. The van der Waals surface area contributed by atoms with Crippen LogP contribution in [0.2, 0.25) is 0 Å². The van der Waals surface area contributed by atoms with Crippen molar-refractivity contribution >= 4 is 0 Å². The minimum Gasteiger partial charge on any atom is -0.497 e. The molecule has 3 nitrogen and oxygen atoms in total. The third kappa shape index (κ3) is 7.05. The molecule has 3 atom stereocenters. The molecule has 2 rings (SSSR count). The Balaban J connectivity index is 2.07. The molecule has 0 aliphatic carbocycles. The summed E-state index contributed by atoms with van der Waals surface area (Å²) in [6, 6.07) is 17.9. The fraction of sp³-hybridized carbons (Fsp3) is 0.440. The Bertz CT molecular complexity index is 679. The van der Waals surface area contributed by atoms with Crippen LogP contribution < -0.4 is 9.47 Å². The van der Waals surface area contributed by atoms with Crippen molar-refractivity contribution in [1.29, 1.82) is 0 Å². The van der Waals surface area contributed by atoms with E-state index in [0.717, 1.165) is 29.9 Å². The normalized spacial score (nSPS) is 14.3. The van der Waals surface area contributed by atoms with Crippen molar-refractivity contribution < 1.29 is 14.2 Å². The van der Waals surface area contributed by atoms with Crippen LogP contribution in [0.5, 0.6) is 11.5 Å². The second-order valence-corrected chi connectivity index (χ2v) is 7.63. The zero-order chi connectivity index (χ0) is 20.4. The van der Waals surface area contributed by atoms with Gasteiger partial charge in [-0.2, -0.15) is 0 Å². The molecule has 3 unspecified atom stereocenters. The van der Waals surface area contributed by atoms with Crippen LogP contribution in [-0.2, 0) is 11.3 Å². The Morgan fingerprint density at radius 3 is 2.14 bits per heavy atom. The van der Waals surface area contributed by atoms with Crippen LogP contribution in [0.4, 0.5) is 0 Å². The molecule has 0 aliphatic heterocycles. The van der Waals surface area contributed by atoms with Crippen LogP contribution in [-0.4, -0.2) is 19.3 Å². The van der Waals surface area contributed by atoms with Crippen molar-refractivity contribution in [3.05, 3.63) is 72.8 Å². The van der Waals surface area contributed by atoms with E-state index < -0.39 is 0 Å². The van der Waals surface area contributed by atoms with Crippen molar-refractivity contribution in [3.63, 3.8) is 0 Å². The summed E-state index contributed by atoms with van der Waals surface area (Å²) in [4.78, 5) is 0. The Morgan fingerprint density at radius 1 is 0.893 bits per heavy atom. The molecular weight excluding hydrogens is 348 g/mol. The first kappa shape index (κ1) is 22.0. The predicted molar refractivity (Wildman–Crippen MR) is 116 cm³/mol. The fourth-order valence-electron chi connectivity index (χ4n) is 3.17. The highest BCUT2D eigenvalue weighted by molar-refractivity contribution is 5.26. The maximum absolute atomic E-state index is 6.37. The van der Waals surface area contributed by atoms with Crippen molar-refractivity contribution in [2.75, 3.05) is 7.11 Å². The number of ether oxygens (including phenoxy) is 3. The van der Waals surface area contributed by atoms with Gasteiger partial charge in [-0.25, -0.2) is 0 Å². The highest BCUT2D eigenvalue weighted by atomic mass is 16.5. The molecule has 0 N–H and O–H groups in total. The predicted octanol–water partition coefficient (Wildman–Crippen LogP) is 6.29. The van der Waals surface area contributed by atoms with E-state index in [1.807, 2.05) is 60.7 Å². The van der Waals surface area contributed by atoms with E-state index in [1.54, 1.807) is 7.11 Å². The van der Waals surface area contributed by atoms with E-state index in [0.29, 0.717) is 12.5 Å². The Morgan fingerprint density at radius 2 is 1.57 bits per heavy atom. The van der Waals surface area contributed by atoms with Crippen molar-refractivity contribution in [2.24, 2.45) is 11.8 Å². The first-order chi connectivity index (χ1) is 13.5. The zero-order valence-electron chi connectivity index (χ0n) is 17.6. The van der Waals surface area contributed by atoms with Gasteiger partial charge in [0, 0.05) is 5.92 Å². The fourth-order valence-corrected chi connectivity index (χ4v) is 3.17. The summed E-state index contributed by atoms with van der Waals surface area (Å²) in [5, 5.41) is 0. The van der Waals surface area contributed by atoms with Gasteiger partial charge in [0.1, 0.15) is 17.6 Å². The number of methoxy groups -OCH3 is 1. The van der Waals surface area contributed by atoms with Gasteiger partial charge < -0.3 is 14.2 Å². The van der Waals surface area contributed by atoms with Crippen LogP contribution in [0.1, 0.15) is 39.2 Å². The molecule has 0 saturated heterocycles. The summed E-state index contributed by atoms with van der Waals surface area (Å²) < 4.78 is 17.8. The summed E-state index contributed by atoms with van der Waals surface area (Å²) >= 11 is 0. The number of para-hydroxylation sites is 1. The van der Waals surface area contributed by atoms with Crippen molar-refractivity contribution in [2.45, 2.75) is 52.4 Å². The van der Waals surface area contributed by atoms with E-state index in [2.05, 4.69) is 27.4 Å². The quantitative estimate of drug-likeness (QED) is 0.404. The molecule has 0 heterocycles. The number of hydrogen-bond acceptors (Lipinski definition) is 3. The SMILES string of the molecule is C=CC(CCC(C)C)C(Oc1ccccc1)C(C)OCc1ccc(OC)cc1. The summed E-state index contributed by atoms with van der Waals surface area (Å²) in [6.45, 7) is 11.2. The lowest BCUT2D eigenvalue weighted by Crippen LogP contribution is -2.38. The van der Waals surface area contributed by atoms with Gasteiger partial charge in [0.25, 0.3) is 0 Å². The standard InChI is InChI=1S/C25H34O3/c1-6-22(15-12-19(2)3)25(28-24-10-8-7-9-11-24)20(4)27-18-21-13-16-23(26-5)17-14-21/h6-11,13-14,16-17,19-20,22,25H,1,12,15,18H2,2-5H3. The first-order valence-corrected chi connectivity index (χ1v) is 10.1. The van der Waals surface area contributed by atoms with E-state index in [4.69, 9.17) is 14.2 Å². The van der Waals surface area contributed by atoms with Crippen molar-refractivity contribution in [1.82, 2.24) is 0 Å². The lowest BCUT2D eigenvalue weighted by molar-refractivity contribution is -0.0412. The van der Waals surface area contributed by atoms with E-state index in [-0.39, 0.29) is 18.1 Å². The number of hydrogen-bond donors (Lipinski definition) is 0. The van der Waals surface area contributed by atoms with Gasteiger partial charge >= 0.3 is 0 Å². The van der Waals surface area contributed by atoms with Gasteiger partial charge in [-0.3, -0.25) is 0 Å². The first-order valence-electron chi connectivity index (χ1n) is 10.1. The molecule has 28 heavy (non-hydrogen) atoms. The minimum atomic E-state index is -0.0862. The van der Waals surface area contributed by atoms with E-state index >= 15 is 0 Å². The molecule has 0 fully saturated rings. The maximum Gasteiger partial charge on any atom is 0.131 e. The summed E-state index contributed by atoms with van der Waals surface area (Å²) in [7, 11) is 1.67. The van der Waals surface area contributed by atoms with Crippen molar-refractivity contribution in [3.8, 4) is 11.5 Å². The third-order valence-electron chi connectivity index (χ3n) is 4.95. The lowest BCUT2D eigenvalue weighted by atomic mass is 9.90. The molecule has 0 saturated carbocycles. The number of benzene rings is 2. The Hall–Kier alpha value is -2.26. The van der Waals surface area contributed by atoms with E-state index in [9.17, 15) is 0 Å².